The molecule has 0 bridgehead atoms. The van der Waals surface area contributed by atoms with Crippen molar-refractivity contribution in [2.45, 2.75) is 31.7 Å². The van der Waals surface area contributed by atoms with E-state index in [1.165, 1.54) is 12.1 Å². The fraction of sp³-hybridized carbons (Fsp3) is 0.500. The predicted molar refractivity (Wildman–Crippen MR) is 55.5 cm³/mol. The van der Waals surface area contributed by atoms with E-state index in [0.29, 0.717) is 11.8 Å². The summed E-state index contributed by atoms with van der Waals surface area (Å²) in [5.41, 5.74) is 6.74. The molecule has 0 amide bonds. The van der Waals surface area contributed by atoms with Crippen LogP contribution in [0.4, 0.5) is 8.78 Å². The number of hydrogen-bond acceptors (Lipinski definition) is 1. The van der Waals surface area contributed by atoms with E-state index in [1.807, 2.05) is 0 Å². The molecule has 0 spiro atoms. The molecule has 0 saturated heterocycles. The zero-order chi connectivity index (χ0) is 11.0. The maximum atomic E-state index is 13.0. The van der Waals surface area contributed by atoms with Crippen LogP contribution < -0.4 is 5.73 Å². The van der Waals surface area contributed by atoms with Gasteiger partial charge in [0.25, 0.3) is 0 Å². The van der Waals surface area contributed by atoms with E-state index in [-0.39, 0.29) is 6.04 Å². The van der Waals surface area contributed by atoms with Gasteiger partial charge in [-0.2, -0.15) is 0 Å². The van der Waals surface area contributed by atoms with E-state index >= 15 is 0 Å². The van der Waals surface area contributed by atoms with Crippen molar-refractivity contribution in [3.63, 3.8) is 0 Å². The maximum absolute atomic E-state index is 13.0. The first-order valence-corrected chi connectivity index (χ1v) is 5.34. The summed E-state index contributed by atoms with van der Waals surface area (Å²) < 4.78 is 25.8. The molecule has 0 radical (unpaired) electrons. The first-order chi connectivity index (χ1) is 7.13. The van der Waals surface area contributed by atoms with E-state index in [1.54, 1.807) is 6.07 Å². The Hall–Kier alpha value is -0.960. The van der Waals surface area contributed by atoms with Crippen LogP contribution in [0, 0.1) is 17.6 Å². The van der Waals surface area contributed by atoms with Crippen LogP contribution in [0.15, 0.2) is 18.2 Å². The topological polar surface area (TPSA) is 26.0 Å². The largest absolute Gasteiger partial charge is 0.327 e. The first kappa shape index (κ1) is 10.6. The summed E-state index contributed by atoms with van der Waals surface area (Å²) in [6.45, 7) is 2.08. The van der Waals surface area contributed by atoms with Gasteiger partial charge in [0.2, 0.25) is 0 Å². The van der Waals surface area contributed by atoms with Crippen LogP contribution in [0.3, 0.4) is 0 Å². The molecule has 3 atom stereocenters. The SMILES string of the molecule is CCC1C(N)CC1c1ccc(F)c(F)c1. The quantitative estimate of drug-likeness (QED) is 0.799. The summed E-state index contributed by atoms with van der Waals surface area (Å²) in [4.78, 5) is 0. The summed E-state index contributed by atoms with van der Waals surface area (Å²) in [5, 5.41) is 0. The van der Waals surface area contributed by atoms with Gasteiger partial charge >= 0.3 is 0 Å². The van der Waals surface area contributed by atoms with Gasteiger partial charge in [0.1, 0.15) is 0 Å². The van der Waals surface area contributed by atoms with Crippen LogP contribution in [-0.4, -0.2) is 6.04 Å². The van der Waals surface area contributed by atoms with Crippen LogP contribution in [0.2, 0.25) is 0 Å². The van der Waals surface area contributed by atoms with Crippen LogP contribution in [0.1, 0.15) is 31.2 Å². The molecule has 1 fully saturated rings. The van der Waals surface area contributed by atoms with Gasteiger partial charge in [-0.25, -0.2) is 8.78 Å². The number of rotatable bonds is 2. The highest BCUT2D eigenvalue weighted by molar-refractivity contribution is 5.26. The van der Waals surface area contributed by atoms with Crippen molar-refractivity contribution in [3.8, 4) is 0 Å². The smallest absolute Gasteiger partial charge is 0.159 e. The van der Waals surface area contributed by atoms with Gasteiger partial charge in [-0.3, -0.25) is 0 Å². The lowest BCUT2D eigenvalue weighted by Crippen LogP contribution is -2.45. The third-order valence-electron chi connectivity index (χ3n) is 3.44. The molecule has 1 nitrogen and oxygen atoms in total. The van der Waals surface area contributed by atoms with Gasteiger partial charge in [0.15, 0.2) is 11.6 Å². The van der Waals surface area contributed by atoms with Crippen molar-refractivity contribution in [1.82, 2.24) is 0 Å². The molecule has 1 aromatic carbocycles. The Morgan fingerprint density at radius 1 is 1.33 bits per heavy atom. The van der Waals surface area contributed by atoms with Gasteiger partial charge in [0, 0.05) is 6.04 Å². The first-order valence-electron chi connectivity index (χ1n) is 5.34. The molecule has 1 saturated carbocycles. The predicted octanol–water partition coefficient (Wildman–Crippen LogP) is 2.81. The van der Waals surface area contributed by atoms with Crippen molar-refractivity contribution in [1.29, 1.82) is 0 Å². The van der Waals surface area contributed by atoms with Crippen molar-refractivity contribution in [2.24, 2.45) is 11.7 Å². The van der Waals surface area contributed by atoms with Crippen molar-refractivity contribution in [3.05, 3.63) is 35.4 Å². The van der Waals surface area contributed by atoms with Crippen molar-refractivity contribution >= 4 is 0 Å². The summed E-state index contributed by atoms with van der Waals surface area (Å²) in [6.07, 6.45) is 1.87. The third-order valence-corrected chi connectivity index (χ3v) is 3.44. The molecular formula is C12H15F2N. The summed E-state index contributed by atoms with van der Waals surface area (Å²) in [7, 11) is 0. The van der Waals surface area contributed by atoms with Crippen molar-refractivity contribution in [2.75, 3.05) is 0 Å². The fourth-order valence-corrected chi connectivity index (χ4v) is 2.46. The summed E-state index contributed by atoms with van der Waals surface area (Å²) >= 11 is 0. The second-order valence-electron chi connectivity index (χ2n) is 4.25. The highest BCUT2D eigenvalue weighted by Crippen LogP contribution is 2.43. The second kappa shape index (κ2) is 3.89. The monoisotopic (exact) mass is 211 g/mol. The molecule has 82 valence electrons. The van der Waals surface area contributed by atoms with E-state index < -0.39 is 11.6 Å². The molecule has 1 aliphatic rings. The molecule has 1 aromatic rings. The lowest BCUT2D eigenvalue weighted by Gasteiger charge is -2.42. The minimum atomic E-state index is -0.782. The maximum Gasteiger partial charge on any atom is 0.159 e. The molecular weight excluding hydrogens is 196 g/mol. The molecule has 2 rings (SSSR count). The van der Waals surface area contributed by atoms with Crippen LogP contribution in [-0.2, 0) is 0 Å². The minimum absolute atomic E-state index is 0.216. The van der Waals surface area contributed by atoms with Crippen molar-refractivity contribution < 1.29 is 8.78 Å². The minimum Gasteiger partial charge on any atom is -0.327 e. The molecule has 0 aromatic heterocycles. The Kier molecular flexibility index (Phi) is 2.74. The van der Waals surface area contributed by atoms with Crippen LogP contribution in [0.5, 0.6) is 0 Å². The third kappa shape index (κ3) is 1.76. The van der Waals surface area contributed by atoms with Crippen LogP contribution >= 0.6 is 0 Å². The van der Waals surface area contributed by atoms with Crippen LogP contribution in [0.25, 0.3) is 0 Å². The summed E-state index contributed by atoms with van der Waals surface area (Å²) in [5.74, 6) is -0.826. The number of hydrogen-bond donors (Lipinski definition) is 1. The van der Waals surface area contributed by atoms with Gasteiger partial charge in [-0.15, -0.1) is 0 Å². The highest BCUT2D eigenvalue weighted by atomic mass is 19.2. The van der Waals surface area contributed by atoms with Gasteiger partial charge < -0.3 is 5.73 Å². The molecule has 15 heavy (non-hydrogen) atoms. The summed E-state index contributed by atoms with van der Waals surface area (Å²) in [6, 6.07) is 4.38. The van der Waals surface area contributed by atoms with Gasteiger partial charge in [-0.05, 0) is 36.0 Å². The van der Waals surface area contributed by atoms with E-state index in [0.717, 1.165) is 18.4 Å². The second-order valence-corrected chi connectivity index (χ2v) is 4.25. The molecule has 3 heteroatoms. The number of benzene rings is 1. The number of nitrogens with two attached hydrogens (primary N) is 1. The van der Waals surface area contributed by atoms with E-state index in [4.69, 9.17) is 5.73 Å². The normalized spacial score (nSPS) is 30.0. The fourth-order valence-electron chi connectivity index (χ4n) is 2.46. The molecule has 1 aliphatic carbocycles. The lowest BCUT2D eigenvalue weighted by molar-refractivity contribution is 0.198. The standard InChI is InChI=1S/C12H15F2N/c1-2-8-9(6-12(8)15)7-3-4-10(13)11(14)5-7/h3-5,8-9,12H,2,6,15H2,1H3. The highest BCUT2D eigenvalue weighted by Gasteiger charge is 2.38. The van der Waals surface area contributed by atoms with Gasteiger partial charge in [0.05, 0.1) is 0 Å². The average Bonchev–Trinajstić information content (AvgIpc) is 2.19. The molecule has 2 N–H and O–H groups in total. The van der Waals surface area contributed by atoms with Gasteiger partial charge in [-0.1, -0.05) is 19.4 Å². The molecule has 0 aliphatic heterocycles. The van der Waals surface area contributed by atoms with E-state index in [2.05, 4.69) is 6.92 Å². The Morgan fingerprint density at radius 3 is 2.60 bits per heavy atom. The number of halogens is 2. The average molecular weight is 211 g/mol. The Labute approximate surface area is 88.3 Å². The molecule has 3 unspecified atom stereocenters. The Bertz CT molecular complexity index is 365. The molecule has 0 heterocycles. The lowest BCUT2D eigenvalue weighted by atomic mass is 9.65. The zero-order valence-corrected chi connectivity index (χ0v) is 8.71. The zero-order valence-electron chi connectivity index (χ0n) is 8.71. The Balaban J connectivity index is 2.20. The van der Waals surface area contributed by atoms with E-state index in [9.17, 15) is 8.78 Å². The Morgan fingerprint density at radius 2 is 2.07 bits per heavy atom.